The first-order valence-corrected chi connectivity index (χ1v) is 5.06. The fraction of sp³-hybridized carbons (Fsp3) is 0.667. The van der Waals surface area contributed by atoms with Gasteiger partial charge in [0.05, 0.1) is 13.1 Å². The van der Waals surface area contributed by atoms with Gasteiger partial charge in [0.15, 0.2) is 6.16 Å². The van der Waals surface area contributed by atoms with Crippen LogP contribution < -0.4 is 4.89 Å². The van der Waals surface area contributed by atoms with Crippen molar-refractivity contribution in [3.63, 3.8) is 0 Å². The van der Waals surface area contributed by atoms with Crippen molar-refractivity contribution in [1.29, 1.82) is 0 Å². The summed E-state index contributed by atoms with van der Waals surface area (Å²) >= 11 is 0. The molecule has 0 rings (SSSR count). The summed E-state index contributed by atoms with van der Waals surface area (Å²) in [5, 5.41) is 16.8. The topological polar surface area (TPSA) is 118 Å². The zero-order valence-corrected chi connectivity index (χ0v) is 8.14. The monoisotopic (exact) mass is 223 g/mol. The molecular formula is C6H10NO6P. The highest BCUT2D eigenvalue weighted by Gasteiger charge is 2.15. The van der Waals surface area contributed by atoms with Gasteiger partial charge >= 0.3 is 20.0 Å². The number of aliphatic carboxylic acids is 2. The van der Waals surface area contributed by atoms with Crippen molar-refractivity contribution >= 4 is 20.0 Å². The van der Waals surface area contributed by atoms with Crippen molar-refractivity contribution in [2.24, 2.45) is 0 Å². The Morgan fingerprint density at radius 3 is 1.93 bits per heavy atom. The van der Waals surface area contributed by atoms with Crippen molar-refractivity contribution in [2.75, 3.05) is 25.8 Å². The molecule has 0 saturated heterocycles. The Morgan fingerprint density at radius 2 is 1.64 bits per heavy atom. The van der Waals surface area contributed by atoms with Gasteiger partial charge in [-0.2, -0.15) is 0 Å². The van der Waals surface area contributed by atoms with Crippen molar-refractivity contribution in [1.82, 2.24) is 4.90 Å². The third-order valence-corrected chi connectivity index (χ3v) is 1.88. The summed E-state index contributed by atoms with van der Waals surface area (Å²) in [6, 6.07) is 0. The summed E-state index contributed by atoms with van der Waals surface area (Å²) in [5.74, 6) is -2.38. The van der Waals surface area contributed by atoms with Gasteiger partial charge < -0.3 is 15.1 Å². The normalized spacial score (nSPS) is 11.4. The number of hydrogen-bond donors (Lipinski definition) is 2. The van der Waals surface area contributed by atoms with Crippen LogP contribution in [0.5, 0.6) is 0 Å². The molecule has 0 aromatic rings. The van der Waals surface area contributed by atoms with E-state index < -0.39 is 33.1 Å². The fourth-order valence-electron chi connectivity index (χ4n) is 0.820. The Kier molecular flexibility index (Phi) is 5.94. The molecular weight excluding hydrogens is 213 g/mol. The van der Waals surface area contributed by atoms with Crippen molar-refractivity contribution in [2.45, 2.75) is 0 Å². The Labute approximate surface area is 80.8 Å². The molecule has 0 aliphatic carbocycles. The number of carboxylic acids is 2. The van der Waals surface area contributed by atoms with Gasteiger partial charge in [0.25, 0.3) is 0 Å². The molecule has 8 heteroatoms. The van der Waals surface area contributed by atoms with Gasteiger partial charge in [-0.15, -0.1) is 0 Å². The average Bonchev–Trinajstić information content (AvgIpc) is 1.97. The smallest absolute Gasteiger partial charge is 0.317 e. The van der Waals surface area contributed by atoms with Crippen LogP contribution >= 0.6 is 8.03 Å². The third kappa shape index (κ3) is 7.60. The van der Waals surface area contributed by atoms with Crippen LogP contribution in [0.3, 0.4) is 0 Å². The van der Waals surface area contributed by atoms with Crippen molar-refractivity contribution < 1.29 is 29.3 Å². The molecule has 0 bridgehead atoms. The van der Waals surface area contributed by atoms with E-state index in [1.54, 1.807) is 0 Å². The summed E-state index contributed by atoms with van der Waals surface area (Å²) in [6.07, 6.45) is -0.240. The second-order valence-electron chi connectivity index (χ2n) is 2.55. The molecule has 0 spiro atoms. The van der Waals surface area contributed by atoms with Gasteiger partial charge in [-0.3, -0.25) is 14.5 Å². The molecule has 0 saturated carbocycles. The molecule has 0 aromatic carbocycles. The third-order valence-electron chi connectivity index (χ3n) is 1.32. The quantitative estimate of drug-likeness (QED) is 0.507. The number of carbonyl (C=O) groups is 2. The maximum Gasteiger partial charge on any atom is 0.317 e. The highest BCUT2D eigenvalue weighted by Crippen LogP contribution is 2.06. The summed E-state index contributed by atoms with van der Waals surface area (Å²) < 4.78 is 10.2. The first kappa shape index (κ1) is 13.0. The van der Waals surface area contributed by atoms with Crippen LogP contribution in [-0.2, 0) is 14.2 Å². The zero-order valence-electron chi connectivity index (χ0n) is 7.25. The first-order chi connectivity index (χ1) is 6.41. The molecule has 1 atom stereocenters. The van der Waals surface area contributed by atoms with E-state index >= 15 is 0 Å². The van der Waals surface area contributed by atoms with Crippen LogP contribution in [0.15, 0.2) is 0 Å². The minimum absolute atomic E-state index is 0.0860. The van der Waals surface area contributed by atoms with Crippen LogP contribution in [0, 0.1) is 0 Å². The SMILES string of the molecule is O=C(O)CN(CC[P+](=O)[O-])CC(=O)O. The van der Waals surface area contributed by atoms with Crippen LogP contribution in [0.4, 0.5) is 0 Å². The van der Waals surface area contributed by atoms with Crippen LogP contribution in [0.1, 0.15) is 0 Å². The Hall–Kier alpha value is -1.04. The summed E-state index contributed by atoms with van der Waals surface area (Å²) in [4.78, 5) is 31.7. The van der Waals surface area contributed by atoms with Crippen LogP contribution in [0.25, 0.3) is 0 Å². The van der Waals surface area contributed by atoms with Gasteiger partial charge in [0.2, 0.25) is 0 Å². The number of rotatable bonds is 7. The molecule has 0 aliphatic rings. The summed E-state index contributed by atoms with van der Waals surface area (Å²) in [7, 11) is -2.61. The predicted octanol–water partition coefficient (Wildman–Crippen LogP) is -1.44. The molecule has 0 aromatic heterocycles. The minimum Gasteiger partial charge on any atom is -0.596 e. The maximum atomic E-state index is 10.3. The predicted molar refractivity (Wildman–Crippen MR) is 44.2 cm³/mol. The van der Waals surface area contributed by atoms with E-state index in [9.17, 15) is 19.0 Å². The summed E-state index contributed by atoms with van der Waals surface area (Å²) in [5.41, 5.74) is 0. The molecule has 0 aliphatic heterocycles. The molecule has 0 fully saturated rings. The van der Waals surface area contributed by atoms with E-state index in [4.69, 9.17) is 10.2 Å². The van der Waals surface area contributed by atoms with E-state index in [1.807, 2.05) is 0 Å². The average molecular weight is 223 g/mol. The maximum absolute atomic E-state index is 10.3. The molecule has 80 valence electrons. The van der Waals surface area contributed by atoms with Gasteiger partial charge in [-0.25, -0.2) is 0 Å². The van der Waals surface area contributed by atoms with Gasteiger partial charge in [0, 0.05) is 6.54 Å². The highest BCUT2D eigenvalue weighted by atomic mass is 31.1. The lowest BCUT2D eigenvalue weighted by atomic mass is 10.4. The van der Waals surface area contributed by atoms with Gasteiger partial charge in [-0.1, -0.05) is 4.57 Å². The number of carboxylic acid groups (broad SMARTS) is 2. The molecule has 0 heterocycles. The lowest BCUT2D eigenvalue weighted by Crippen LogP contribution is -2.36. The van der Waals surface area contributed by atoms with Crippen molar-refractivity contribution in [3.8, 4) is 0 Å². The molecule has 0 radical (unpaired) electrons. The zero-order chi connectivity index (χ0) is 11.1. The second-order valence-corrected chi connectivity index (χ2v) is 3.67. The largest absolute Gasteiger partial charge is 0.596 e. The van der Waals surface area contributed by atoms with E-state index in [2.05, 4.69) is 0 Å². The second kappa shape index (κ2) is 6.42. The van der Waals surface area contributed by atoms with Crippen LogP contribution in [-0.4, -0.2) is 52.8 Å². The highest BCUT2D eigenvalue weighted by molar-refractivity contribution is 7.36. The molecule has 7 nitrogen and oxygen atoms in total. The number of hydrogen-bond acceptors (Lipinski definition) is 5. The van der Waals surface area contributed by atoms with Gasteiger partial charge in [-0.05, 0) is 0 Å². The number of nitrogens with zero attached hydrogens (tertiary/aromatic N) is 1. The lowest BCUT2D eigenvalue weighted by Gasteiger charge is -2.14. The Balaban J connectivity index is 4.03. The molecule has 14 heavy (non-hydrogen) atoms. The van der Waals surface area contributed by atoms with E-state index in [-0.39, 0.29) is 12.7 Å². The fourth-order valence-corrected chi connectivity index (χ4v) is 1.27. The standard InChI is InChI=1S/C6H10NO6P/c8-5(9)3-7(4-6(10)11)1-2-14(12)13/h1-4H2,(H,8,9)(H,10,11). The summed E-state index contributed by atoms with van der Waals surface area (Å²) in [6.45, 7) is -1.04. The van der Waals surface area contributed by atoms with Crippen LogP contribution in [0.2, 0.25) is 0 Å². The van der Waals surface area contributed by atoms with E-state index in [0.29, 0.717) is 0 Å². The molecule has 0 amide bonds. The lowest BCUT2D eigenvalue weighted by molar-refractivity contribution is -0.164. The van der Waals surface area contributed by atoms with Gasteiger partial charge in [0.1, 0.15) is 0 Å². The Bertz CT molecular complexity index is 226. The first-order valence-electron chi connectivity index (χ1n) is 3.69. The molecule has 1 unspecified atom stereocenters. The van der Waals surface area contributed by atoms with E-state index in [0.717, 1.165) is 4.90 Å². The molecule has 2 N–H and O–H groups in total. The van der Waals surface area contributed by atoms with E-state index in [1.165, 1.54) is 0 Å². The van der Waals surface area contributed by atoms with Crippen molar-refractivity contribution in [3.05, 3.63) is 0 Å². The minimum atomic E-state index is -2.61. The Morgan fingerprint density at radius 1 is 1.21 bits per heavy atom.